The molecule has 6 rings (SSSR count). The van der Waals surface area contributed by atoms with Gasteiger partial charge in [0.1, 0.15) is 11.6 Å². The first-order valence-corrected chi connectivity index (χ1v) is 15.1. The van der Waals surface area contributed by atoms with Crippen LogP contribution in [0.1, 0.15) is 45.5 Å². The molecule has 0 unspecified atom stereocenters. The van der Waals surface area contributed by atoms with E-state index in [0.717, 1.165) is 33.8 Å². The maximum absolute atomic E-state index is 13.8. The molecule has 0 saturated carbocycles. The SMILES string of the molecule is COc1ccc(C2=NN(C(=O)CSc3nnc(CNC(=O)c4ccco4)n3-c3cccc(C)c3)[C@@H](c3ccc(F)cc3)C2)cc1. The molecular formula is C33H29FN6O4S. The first kappa shape index (κ1) is 29.8. The largest absolute Gasteiger partial charge is 0.497 e. The van der Waals surface area contributed by atoms with Gasteiger partial charge in [0, 0.05) is 12.1 Å². The van der Waals surface area contributed by atoms with E-state index < -0.39 is 6.04 Å². The average Bonchev–Trinajstić information content (AvgIpc) is 3.83. The molecule has 12 heteroatoms. The van der Waals surface area contributed by atoms with E-state index in [-0.39, 0.29) is 35.7 Å². The number of aromatic nitrogens is 3. The fraction of sp³-hybridized carbons (Fsp3) is 0.182. The summed E-state index contributed by atoms with van der Waals surface area (Å²) in [6, 6.07) is 24.2. The molecule has 3 aromatic carbocycles. The van der Waals surface area contributed by atoms with Crippen LogP contribution in [-0.2, 0) is 11.3 Å². The van der Waals surface area contributed by atoms with Crippen molar-refractivity contribution < 1.29 is 23.1 Å². The molecule has 1 atom stereocenters. The fourth-order valence-electron chi connectivity index (χ4n) is 5.02. The Bertz CT molecular complexity index is 1840. The van der Waals surface area contributed by atoms with Crippen molar-refractivity contribution in [3.63, 3.8) is 0 Å². The Kier molecular flexibility index (Phi) is 8.74. The molecule has 228 valence electrons. The fourth-order valence-corrected chi connectivity index (χ4v) is 5.85. The van der Waals surface area contributed by atoms with Gasteiger partial charge in [-0.15, -0.1) is 10.2 Å². The van der Waals surface area contributed by atoms with Crippen LogP contribution in [0, 0.1) is 12.7 Å². The van der Waals surface area contributed by atoms with Crippen molar-refractivity contribution in [1.29, 1.82) is 0 Å². The summed E-state index contributed by atoms with van der Waals surface area (Å²) >= 11 is 1.22. The number of nitrogens with one attached hydrogen (secondary N) is 1. The van der Waals surface area contributed by atoms with E-state index >= 15 is 0 Å². The van der Waals surface area contributed by atoms with Gasteiger partial charge in [0.05, 0.1) is 37.4 Å². The van der Waals surface area contributed by atoms with Crippen LogP contribution in [-0.4, -0.2) is 50.2 Å². The van der Waals surface area contributed by atoms with Crippen LogP contribution >= 0.6 is 11.8 Å². The zero-order chi connectivity index (χ0) is 31.3. The van der Waals surface area contributed by atoms with E-state index in [1.165, 1.54) is 35.2 Å². The summed E-state index contributed by atoms with van der Waals surface area (Å²) < 4.78 is 26.0. The van der Waals surface area contributed by atoms with Gasteiger partial charge < -0.3 is 14.5 Å². The zero-order valence-corrected chi connectivity index (χ0v) is 25.3. The van der Waals surface area contributed by atoms with Crippen LogP contribution in [0.4, 0.5) is 4.39 Å². The van der Waals surface area contributed by atoms with E-state index in [0.29, 0.717) is 17.4 Å². The predicted octanol–water partition coefficient (Wildman–Crippen LogP) is 5.72. The van der Waals surface area contributed by atoms with Gasteiger partial charge in [0.2, 0.25) is 0 Å². The third kappa shape index (κ3) is 6.65. The molecule has 10 nitrogen and oxygen atoms in total. The number of nitrogens with zero attached hydrogens (tertiary/aromatic N) is 5. The molecule has 1 aliphatic rings. The number of benzene rings is 3. The number of ether oxygens (including phenoxy) is 1. The lowest BCUT2D eigenvalue weighted by molar-refractivity contribution is -0.130. The smallest absolute Gasteiger partial charge is 0.287 e. The van der Waals surface area contributed by atoms with E-state index in [1.54, 1.807) is 31.4 Å². The summed E-state index contributed by atoms with van der Waals surface area (Å²) in [6.45, 7) is 2.06. The highest BCUT2D eigenvalue weighted by molar-refractivity contribution is 7.99. The monoisotopic (exact) mass is 624 g/mol. The van der Waals surface area contributed by atoms with Crippen LogP contribution in [0.5, 0.6) is 5.75 Å². The highest BCUT2D eigenvalue weighted by atomic mass is 32.2. The van der Waals surface area contributed by atoms with Gasteiger partial charge in [-0.2, -0.15) is 5.10 Å². The summed E-state index contributed by atoms with van der Waals surface area (Å²) in [7, 11) is 1.60. The zero-order valence-electron chi connectivity index (χ0n) is 24.5. The number of hydrogen-bond donors (Lipinski definition) is 1. The van der Waals surface area contributed by atoms with Crippen molar-refractivity contribution >= 4 is 29.3 Å². The first-order valence-electron chi connectivity index (χ1n) is 14.1. The summed E-state index contributed by atoms with van der Waals surface area (Å²) in [5.74, 6) is 0.425. The van der Waals surface area contributed by atoms with E-state index in [9.17, 15) is 14.0 Å². The van der Waals surface area contributed by atoms with Crippen LogP contribution in [0.15, 0.2) is 106 Å². The second-order valence-electron chi connectivity index (χ2n) is 10.3. The summed E-state index contributed by atoms with van der Waals surface area (Å²) in [6.07, 6.45) is 1.90. The molecule has 2 aromatic heterocycles. The van der Waals surface area contributed by atoms with Gasteiger partial charge >= 0.3 is 0 Å². The highest BCUT2D eigenvalue weighted by Gasteiger charge is 2.33. The minimum absolute atomic E-state index is 0.0137. The van der Waals surface area contributed by atoms with Gasteiger partial charge in [0.15, 0.2) is 16.7 Å². The molecule has 0 spiro atoms. The molecule has 2 amide bonds. The number of thioether (sulfide) groups is 1. The van der Waals surface area contributed by atoms with Gasteiger partial charge in [-0.25, -0.2) is 9.40 Å². The molecule has 1 aliphatic heterocycles. The molecule has 45 heavy (non-hydrogen) atoms. The number of hydrazone groups is 1. The first-order chi connectivity index (χ1) is 21.9. The molecule has 3 heterocycles. The Labute approximate surface area is 262 Å². The number of methoxy groups -OCH3 is 1. The van der Waals surface area contributed by atoms with Gasteiger partial charge in [0.25, 0.3) is 11.8 Å². The van der Waals surface area contributed by atoms with Crippen LogP contribution < -0.4 is 10.1 Å². The van der Waals surface area contributed by atoms with Crippen molar-refractivity contribution in [3.8, 4) is 11.4 Å². The topological polar surface area (TPSA) is 115 Å². The number of amides is 2. The van der Waals surface area contributed by atoms with Crippen LogP contribution in [0.3, 0.4) is 0 Å². The number of carbonyl (C=O) groups excluding carboxylic acids is 2. The minimum atomic E-state index is -0.405. The lowest BCUT2D eigenvalue weighted by Gasteiger charge is -2.22. The predicted molar refractivity (Wildman–Crippen MR) is 167 cm³/mol. The van der Waals surface area contributed by atoms with Gasteiger partial charge in [-0.1, -0.05) is 36.0 Å². The minimum Gasteiger partial charge on any atom is -0.497 e. The molecule has 0 radical (unpaired) electrons. The highest BCUT2D eigenvalue weighted by Crippen LogP contribution is 2.34. The third-order valence-corrected chi connectivity index (χ3v) is 8.19. The van der Waals surface area contributed by atoms with Crippen LogP contribution in [0.25, 0.3) is 5.69 Å². The molecule has 0 fully saturated rings. The molecule has 5 aromatic rings. The standard InChI is InChI=1S/C33H29FN6O4S/c1-21-5-3-6-25(17-21)39-30(19-35-32(42)29-7-4-16-44-29)36-37-33(39)45-20-31(41)40-28(23-8-12-24(34)13-9-23)18-27(38-40)22-10-14-26(43-2)15-11-22/h3-17,28H,18-20H2,1-2H3,(H,35,42)/t28-/m1/s1. The number of halogens is 1. The number of aryl methyl sites for hydroxylation is 1. The summed E-state index contributed by atoms with van der Waals surface area (Å²) in [5.41, 5.74) is 4.20. The maximum Gasteiger partial charge on any atom is 0.287 e. The Hall–Kier alpha value is -5.23. The number of hydrogen-bond acceptors (Lipinski definition) is 8. The second-order valence-corrected chi connectivity index (χ2v) is 11.2. The number of rotatable bonds is 10. The lowest BCUT2D eigenvalue weighted by Crippen LogP contribution is -2.28. The molecule has 0 saturated heterocycles. The van der Waals surface area contributed by atoms with Crippen LogP contribution in [0.2, 0.25) is 0 Å². The average molecular weight is 625 g/mol. The van der Waals surface area contributed by atoms with Crippen molar-refractivity contribution in [2.45, 2.75) is 31.1 Å². The quantitative estimate of drug-likeness (QED) is 0.198. The Morgan fingerprint density at radius 3 is 2.56 bits per heavy atom. The maximum atomic E-state index is 13.8. The van der Waals surface area contributed by atoms with Gasteiger partial charge in [-0.3, -0.25) is 14.2 Å². The Balaban J connectivity index is 1.25. The molecule has 0 bridgehead atoms. The van der Waals surface area contributed by atoms with Crippen molar-refractivity contribution in [1.82, 2.24) is 25.1 Å². The Morgan fingerprint density at radius 1 is 1.04 bits per heavy atom. The Morgan fingerprint density at radius 2 is 1.84 bits per heavy atom. The van der Waals surface area contributed by atoms with E-state index in [2.05, 4.69) is 15.5 Å². The van der Waals surface area contributed by atoms with E-state index in [4.69, 9.17) is 14.3 Å². The number of furan rings is 1. The van der Waals surface area contributed by atoms with Crippen molar-refractivity contribution in [2.24, 2.45) is 5.10 Å². The summed E-state index contributed by atoms with van der Waals surface area (Å²) in [4.78, 5) is 26.3. The van der Waals surface area contributed by atoms with Crippen molar-refractivity contribution in [3.05, 3.63) is 125 Å². The lowest BCUT2D eigenvalue weighted by atomic mass is 9.98. The van der Waals surface area contributed by atoms with Gasteiger partial charge in [-0.05, 0) is 84.3 Å². The molecule has 0 aliphatic carbocycles. The second kappa shape index (κ2) is 13.2. The third-order valence-electron chi connectivity index (χ3n) is 7.28. The normalized spacial score (nSPS) is 14.3. The molecular weight excluding hydrogens is 595 g/mol. The van der Waals surface area contributed by atoms with Crippen molar-refractivity contribution in [2.75, 3.05) is 12.9 Å². The summed E-state index contributed by atoms with van der Waals surface area (Å²) in [5, 5.41) is 18.2. The van der Waals surface area contributed by atoms with E-state index in [1.807, 2.05) is 60.0 Å². The number of carbonyl (C=O) groups is 2. The molecule has 1 N–H and O–H groups in total.